The smallest absolute Gasteiger partial charge is 0.416 e. The van der Waals surface area contributed by atoms with Crippen molar-refractivity contribution in [3.05, 3.63) is 58.6 Å². The van der Waals surface area contributed by atoms with Crippen LogP contribution in [0.25, 0.3) is 0 Å². The van der Waals surface area contributed by atoms with Crippen LogP contribution < -0.4 is 20.8 Å². The van der Waals surface area contributed by atoms with Gasteiger partial charge in [-0.25, -0.2) is 5.43 Å². The zero-order valence-electron chi connectivity index (χ0n) is 17.3. The Labute approximate surface area is 192 Å². The summed E-state index contributed by atoms with van der Waals surface area (Å²) in [6.45, 7) is 1.72. The minimum absolute atomic E-state index is 0.0264. The third-order valence-corrected chi connectivity index (χ3v) is 4.21. The topological polar surface area (TPSA) is 109 Å². The van der Waals surface area contributed by atoms with Gasteiger partial charge in [-0.2, -0.15) is 18.3 Å². The number of hydrogen-bond acceptors (Lipinski definition) is 5. The fourth-order valence-corrected chi connectivity index (χ4v) is 2.61. The number of benzene rings is 2. The Morgan fingerprint density at radius 2 is 1.88 bits per heavy atom. The van der Waals surface area contributed by atoms with Gasteiger partial charge in [0.2, 0.25) is 0 Å². The number of carbonyl (C=O) groups excluding carboxylic acids is 3. The molecule has 0 aliphatic heterocycles. The minimum atomic E-state index is -4.53. The van der Waals surface area contributed by atoms with Gasteiger partial charge in [-0.15, -0.1) is 0 Å². The average molecular weight is 485 g/mol. The van der Waals surface area contributed by atoms with E-state index in [2.05, 4.69) is 21.2 Å². The Morgan fingerprint density at radius 1 is 1.12 bits per heavy atom. The fraction of sp³-hybridized carbons (Fsp3) is 0.238. The summed E-state index contributed by atoms with van der Waals surface area (Å²) in [5, 5.41) is 8.50. The normalized spacial score (nSPS) is 11.2. The SMILES string of the molecule is CCCNC(=O)C(=O)N/N=C/c1ccc(OCC(=O)Nc2cccc(C(F)(F)F)c2)c(Cl)c1. The molecule has 0 unspecified atom stereocenters. The number of hydrogen-bond donors (Lipinski definition) is 3. The number of nitrogens with zero attached hydrogens (tertiary/aromatic N) is 1. The molecule has 0 aliphatic rings. The summed E-state index contributed by atoms with van der Waals surface area (Å²) in [6, 6.07) is 8.61. The lowest BCUT2D eigenvalue weighted by Gasteiger charge is -2.11. The number of anilines is 1. The molecule has 3 amide bonds. The van der Waals surface area contributed by atoms with Gasteiger partial charge in [-0.05, 0) is 48.4 Å². The average Bonchev–Trinajstić information content (AvgIpc) is 2.76. The van der Waals surface area contributed by atoms with E-state index in [1.165, 1.54) is 36.5 Å². The summed E-state index contributed by atoms with van der Waals surface area (Å²) in [5.41, 5.74) is 1.62. The van der Waals surface area contributed by atoms with Crippen molar-refractivity contribution in [2.45, 2.75) is 19.5 Å². The summed E-state index contributed by atoms with van der Waals surface area (Å²) in [6.07, 6.45) is -2.59. The number of amides is 3. The zero-order valence-corrected chi connectivity index (χ0v) is 18.1. The number of carbonyl (C=O) groups is 3. The van der Waals surface area contributed by atoms with Crippen molar-refractivity contribution in [1.29, 1.82) is 0 Å². The van der Waals surface area contributed by atoms with E-state index in [1.807, 2.05) is 6.92 Å². The van der Waals surface area contributed by atoms with Crippen LogP contribution in [0.3, 0.4) is 0 Å². The first-order valence-electron chi connectivity index (χ1n) is 9.61. The van der Waals surface area contributed by atoms with Crippen molar-refractivity contribution in [1.82, 2.24) is 10.7 Å². The molecule has 2 aromatic rings. The molecular formula is C21H20ClF3N4O4. The molecule has 3 N–H and O–H groups in total. The Balaban J connectivity index is 1.88. The Kier molecular flexibility index (Phi) is 9.22. The summed E-state index contributed by atoms with van der Waals surface area (Å²) in [5.74, 6) is -2.26. The number of nitrogens with one attached hydrogen (secondary N) is 3. The van der Waals surface area contributed by atoms with E-state index in [4.69, 9.17) is 16.3 Å². The molecule has 0 aliphatic carbocycles. The molecule has 0 aromatic heterocycles. The standard InChI is InChI=1S/C21H20ClF3N4O4/c1-2-8-26-19(31)20(32)29-27-11-13-6-7-17(16(22)9-13)33-12-18(30)28-15-5-3-4-14(10-15)21(23,24)25/h3-7,9-11H,2,8,12H2,1H3,(H,26,31)(H,28,30)(H,29,32)/b27-11+. The molecule has 33 heavy (non-hydrogen) atoms. The first-order chi connectivity index (χ1) is 15.6. The van der Waals surface area contributed by atoms with Crippen molar-refractivity contribution >= 4 is 41.2 Å². The number of ether oxygens (including phenoxy) is 1. The first kappa shape index (κ1) is 25.7. The maximum atomic E-state index is 12.7. The third kappa shape index (κ3) is 8.45. The quantitative estimate of drug-likeness (QED) is 0.303. The highest BCUT2D eigenvalue weighted by Crippen LogP contribution is 2.30. The monoisotopic (exact) mass is 484 g/mol. The van der Waals surface area contributed by atoms with Gasteiger partial charge >= 0.3 is 18.0 Å². The van der Waals surface area contributed by atoms with Crippen LogP contribution in [-0.2, 0) is 20.6 Å². The number of halogens is 4. The van der Waals surface area contributed by atoms with Gasteiger partial charge in [-0.3, -0.25) is 14.4 Å². The zero-order chi connectivity index (χ0) is 24.4. The van der Waals surface area contributed by atoms with Crippen LogP contribution in [0.1, 0.15) is 24.5 Å². The van der Waals surface area contributed by atoms with Crippen LogP contribution in [0.2, 0.25) is 5.02 Å². The van der Waals surface area contributed by atoms with Crippen LogP contribution in [0.4, 0.5) is 18.9 Å². The van der Waals surface area contributed by atoms with Gasteiger partial charge in [-0.1, -0.05) is 24.6 Å². The molecule has 8 nitrogen and oxygen atoms in total. The number of alkyl halides is 3. The molecule has 0 atom stereocenters. The molecule has 0 heterocycles. The van der Waals surface area contributed by atoms with E-state index in [0.717, 1.165) is 12.1 Å². The summed E-state index contributed by atoms with van der Waals surface area (Å²) in [7, 11) is 0. The molecule has 0 saturated carbocycles. The second-order valence-corrected chi connectivity index (χ2v) is 6.97. The highest BCUT2D eigenvalue weighted by Gasteiger charge is 2.30. The van der Waals surface area contributed by atoms with E-state index >= 15 is 0 Å². The predicted molar refractivity (Wildman–Crippen MR) is 116 cm³/mol. The highest BCUT2D eigenvalue weighted by molar-refractivity contribution is 6.35. The number of rotatable bonds is 8. The Bertz CT molecular complexity index is 1040. The van der Waals surface area contributed by atoms with Gasteiger partial charge in [0, 0.05) is 12.2 Å². The molecule has 12 heteroatoms. The molecular weight excluding hydrogens is 465 g/mol. The molecule has 0 bridgehead atoms. The predicted octanol–water partition coefficient (Wildman–Crippen LogP) is 3.35. The second-order valence-electron chi connectivity index (χ2n) is 6.56. The Hall–Kier alpha value is -3.60. The lowest BCUT2D eigenvalue weighted by Crippen LogP contribution is -2.38. The summed E-state index contributed by atoms with van der Waals surface area (Å²) < 4.78 is 43.5. The van der Waals surface area contributed by atoms with Crippen molar-refractivity contribution in [3.8, 4) is 5.75 Å². The molecule has 0 saturated heterocycles. The lowest BCUT2D eigenvalue weighted by atomic mass is 10.2. The van der Waals surface area contributed by atoms with Gasteiger partial charge in [0.1, 0.15) is 5.75 Å². The largest absolute Gasteiger partial charge is 0.482 e. The molecule has 0 fully saturated rings. The Morgan fingerprint density at radius 3 is 2.55 bits per heavy atom. The lowest BCUT2D eigenvalue weighted by molar-refractivity contribution is -0.139. The van der Waals surface area contributed by atoms with Crippen molar-refractivity contribution in [3.63, 3.8) is 0 Å². The first-order valence-corrected chi connectivity index (χ1v) is 9.98. The maximum absolute atomic E-state index is 12.7. The summed E-state index contributed by atoms with van der Waals surface area (Å²) in [4.78, 5) is 35.0. The highest BCUT2D eigenvalue weighted by atomic mass is 35.5. The van der Waals surface area contributed by atoms with Crippen LogP contribution in [0.5, 0.6) is 5.75 Å². The van der Waals surface area contributed by atoms with E-state index < -0.39 is 36.1 Å². The fourth-order valence-electron chi connectivity index (χ4n) is 2.36. The molecule has 2 aromatic carbocycles. The van der Waals surface area contributed by atoms with Crippen LogP contribution >= 0.6 is 11.6 Å². The van der Waals surface area contributed by atoms with Gasteiger partial charge in [0.05, 0.1) is 16.8 Å². The molecule has 176 valence electrons. The second kappa shape index (κ2) is 11.9. The van der Waals surface area contributed by atoms with Crippen LogP contribution in [0, 0.1) is 0 Å². The number of hydrazone groups is 1. The van der Waals surface area contributed by atoms with Gasteiger partial charge < -0.3 is 15.4 Å². The maximum Gasteiger partial charge on any atom is 0.416 e. The van der Waals surface area contributed by atoms with Crippen LogP contribution in [-0.4, -0.2) is 37.1 Å². The minimum Gasteiger partial charge on any atom is -0.482 e. The summed E-state index contributed by atoms with van der Waals surface area (Å²) >= 11 is 6.10. The van der Waals surface area contributed by atoms with Gasteiger partial charge in [0.25, 0.3) is 5.91 Å². The van der Waals surface area contributed by atoms with Crippen LogP contribution in [0.15, 0.2) is 47.6 Å². The van der Waals surface area contributed by atoms with Crippen molar-refractivity contribution < 1.29 is 32.3 Å². The van der Waals surface area contributed by atoms with E-state index in [1.54, 1.807) is 0 Å². The molecule has 0 spiro atoms. The van der Waals surface area contributed by atoms with E-state index in [0.29, 0.717) is 18.5 Å². The van der Waals surface area contributed by atoms with Gasteiger partial charge in [0.15, 0.2) is 6.61 Å². The van der Waals surface area contributed by atoms with E-state index in [9.17, 15) is 27.6 Å². The van der Waals surface area contributed by atoms with E-state index in [-0.39, 0.29) is 16.5 Å². The third-order valence-electron chi connectivity index (χ3n) is 3.91. The van der Waals surface area contributed by atoms with Crippen molar-refractivity contribution in [2.24, 2.45) is 5.10 Å². The molecule has 2 rings (SSSR count). The van der Waals surface area contributed by atoms with Crippen molar-refractivity contribution in [2.75, 3.05) is 18.5 Å². The molecule has 0 radical (unpaired) electrons.